The second-order valence-electron chi connectivity index (χ2n) is 5.69. The second kappa shape index (κ2) is 6.27. The fourth-order valence-corrected chi connectivity index (χ4v) is 3.05. The zero-order valence-electron chi connectivity index (χ0n) is 11.5. The summed E-state index contributed by atoms with van der Waals surface area (Å²) >= 11 is 0. The molecule has 0 saturated carbocycles. The molecule has 5 heteroatoms. The number of hydrogen-bond donors (Lipinski definition) is 1. The van der Waals surface area contributed by atoms with Gasteiger partial charge in [-0.15, -0.1) is 0 Å². The molecule has 0 radical (unpaired) electrons. The lowest BCUT2D eigenvalue weighted by Crippen LogP contribution is -2.47. The standard InChI is InChI=1S/C14H23F3N2/c1-2-11-3-6-18-13(9-11)10-19-7-4-12(5-8-19)14(15,16)17/h4,11,13,18H,2-3,5-10H2,1H3. The predicted molar refractivity (Wildman–Crippen MR) is 70.0 cm³/mol. The third kappa shape index (κ3) is 4.21. The molecule has 2 rings (SSSR count). The molecule has 1 fully saturated rings. The van der Waals surface area contributed by atoms with Crippen molar-refractivity contribution in [3.8, 4) is 0 Å². The van der Waals surface area contributed by atoms with Crippen molar-refractivity contribution >= 4 is 0 Å². The Morgan fingerprint density at radius 3 is 2.79 bits per heavy atom. The van der Waals surface area contributed by atoms with Gasteiger partial charge >= 0.3 is 6.18 Å². The summed E-state index contributed by atoms with van der Waals surface area (Å²) in [6.45, 7) is 5.09. The SMILES string of the molecule is CCC1CCNC(CN2CC=C(C(F)(F)F)CC2)C1. The first-order chi connectivity index (χ1) is 8.99. The maximum Gasteiger partial charge on any atom is 0.412 e. The minimum atomic E-state index is -4.14. The monoisotopic (exact) mass is 276 g/mol. The number of alkyl halides is 3. The first-order valence-electron chi connectivity index (χ1n) is 7.21. The van der Waals surface area contributed by atoms with E-state index in [2.05, 4.69) is 17.1 Å². The van der Waals surface area contributed by atoms with E-state index in [9.17, 15) is 13.2 Å². The van der Waals surface area contributed by atoms with E-state index in [1.807, 2.05) is 0 Å². The van der Waals surface area contributed by atoms with Gasteiger partial charge in [-0.05, 0) is 31.7 Å². The van der Waals surface area contributed by atoms with E-state index in [0.29, 0.717) is 19.1 Å². The van der Waals surface area contributed by atoms with E-state index in [4.69, 9.17) is 0 Å². The minimum absolute atomic E-state index is 0.132. The van der Waals surface area contributed by atoms with E-state index >= 15 is 0 Å². The van der Waals surface area contributed by atoms with Crippen molar-refractivity contribution in [2.24, 2.45) is 5.92 Å². The lowest BCUT2D eigenvalue weighted by Gasteiger charge is -2.35. The van der Waals surface area contributed by atoms with Gasteiger partial charge in [0.2, 0.25) is 0 Å². The van der Waals surface area contributed by atoms with Crippen LogP contribution >= 0.6 is 0 Å². The molecule has 0 aromatic heterocycles. The van der Waals surface area contributed by atoms with Gasteiger partial charge in [-0.25, -0.2) is 0 Å². The number of nitrogens with zero attached hydrogens (tertiary/aromatic N) is 1. The first kappa shape index (κ1) is 14.9. The number of nitrogens with one attached hydrogen (secondary N) is 1. The van der Waals surface area contributed by atoms with Gasteiger partial charge in [0, 0.05) is 31.2 Å². The highest BCUT2D eigenvalue weighted by molar-refractivity contribution is 5.13. The molecule has 0 spiro atoms. The fraction of sp³-hybridized carbons (Fsp3) is 0.857. The van der Waals surface area contributed by atoms with Crippen molar-refractivity contribution in [3.05, 3.63) is 11.6 Å². The van der Waals surface area contributed by atoms with E-state index in [-0.39, 0.29) is 12.0 Å². The number of halogens is 3. The Morgan fingerprint density at radius 1 is 1.42 bits per heavy atom. The fourth-order valence-electron chi connectivity index (χ4n) is 3.05. The van der Waals surface area contributed by atoms with Crippen LogP contribution in [0, 0.1) is 5.92 Å². The molecule has 19 heavy (non-hydrogen) atoms. The van der Waals surface area contributed by atoms with Crippen LogP contribution in [0.1, 0.15) is 32.6 Å². The van der Waals surface area contributed by atoms with Crippen LogP contribution in [0.25, 0.3) is 0 Å². The van der Waals surface area contributed by atoms with Gasteiger partial charge in [-0.2, -0.15) is 13.2 Å². The lowest BCUT2D eigenvalue weighted by atomic mass is 9.90. The molecule has 0 aliphatic carbocycles. The van der Waals surface area contributed by atoms with Crippen LogP contribution < -0.4 is 5.32 Å². The van der Waals surface area contributed by atoms with Crippen LogP contribution in [-0.4, -0.2) is 43.3 Å². The quantitative estimate of drug-likeness (QED) is 0.797. The summed E-state index contributed by atoms with van der Waals surface area (Å²) in [6, 6.07) is 0.444. The van der Waals surface area contributed by atoms with Crippen molar-refractivity contribution in [3.63, 3.8) is 0 Å². The zero-order valence-corrected chi connectivity index (χ0v) is 11.5. The van der Waals surface area contributed by atoms with Crippen LogP contribution in [0.4, 0.5) is 13.2 Å². The molecule has 2 aliphatic heterocycles. The summed E-state index contributed by atoms with van der Waals surface area (Å²) in [7, 11) is 0. The Labute approximate surface area is 113 Å². The minimum Gasteiger partial charge on any atom is -0.313 e. The van der Waals surface area contributed by atoms with Gasteiger partial charge in [-0.1, -0.05) is 19.4 Å². The molecule has 1 saturated heterocycles. The average Bonchev–Trinajstić information content (AvgIpc) is 2.38. The highest BCUT2D eigenvalue weighted by atomic mass is 19.4. The van der Waals surface area contributed by atoms with Crippen molar-refractivity contribution in [2.45, 2.75) is 44.8 Å². The Kier molecular flexibility index (Phi) is 4.90. The Hall–Kier alpha value is -0.550. The maximum absolute atomic E-state index is 12.5. The average molecular weight is 276 g/mol. The van der Waals surface area contributed by atoms with Gasteiger partial charge in [0.1, 0.15) is 0 Å². The summed E-state index contributed by atoms with van der Waals surface area (Å²) in [5.41, 5.74) is -0.355. The molecule has 2 unspecified atom stereocenters. The van der Waals surface area contributed by atoms with E-state index in [1.165, 1.54) is 18.9 Å². The van der Waals surface area contributed by atoms with Crippen molar-refractivity contribution in [1.82, 2.24) is 10.2 Å². The highest BCUT2D eigenvalue weighted by Gasteiger charge is 2.35. The topological polar surface area (TPSA) is 15.3 Å². The van der Waals surface area contributed by atoms with Crippen LogP contribution in [0.2, 0.25) is 0 Å². The van der Waals surface area contributed by atoms with Gasteiger partial charge in [0.25, 0.3) is 0 Å². The highest BCUT2D eigenvalue weighted by Crippen LogP contribution is 2.30. The van der Waals surface area contributed by atoms with Crippen molar-refractivity contribution in [1.29, 1.82) is 0 Å². The van der Waals surface area contributed by atoms with Crippen LogP contribution in [0.5, 0.6) is 0 Å². The molecule has 0 amide bonds. The Balaban J connectivity index is 1.81. The van der Waals surface area contributed by atoms with Crippen LogP contribution in [-0.2, 0) is 0 Å². The molecule has 2 heterocycles. The number of rotatable bonds is 3. The predicted octanol–water partition coefficient (Wildman–Crippen LogP) is 2.96. The largest absolute Gasteiger partial charge is 0.412 e. The third-order valence-electron chi connectivity index (χ3n) is 4.32. The van der Waals surface area contributed by atoms with Gasteiger partial charge in [-0.3, -0.25) is 4.90 Å². The van der Waals surface area contributed by atoms with Gasteiger partial charge < -0.3 is 5.32 Å². The van der Waals surface area contributed by atoms with E-state index in [1.54, 1.807) is 0 Å². The molecule has 1 N–H and O–H groups in total. The molecule has 0 aromatic rings. The lowest BCUT2D eigenvalue weighted by molar-refractivity contribution is -0.0960. The summed E-state index contributed by atoms with van der Waals surface area (Å²) in [4.78, 5) is 2.13. The summed E-state index contributed by atoms with van der Waals surface area (Å²) < 4.78 is 37.6. The molecule has 2 nitrogen and oxygen atoms in total. The second-order valence-corrected chi connectivity index (χ2v) is 5.69. The summed E-state index contributed by atoms with van der Waals surface area (Å²) in [5.74, 6) is 0.775. The van der Waals surface area contributed by atoms with Gasteiger partial charge in [0.15, 0.2) is 0 Å². The summed E-state index contributed by atoms with van der Waals surface area (Å²) in [5, 5.41) is 3.49. The molecular weight excluding hydrogens is 253 g/mol. The molecule has 0 bridgehead atoms. The normalized spacial score (nSPS) is 30.2. The molecule has 0 aromatic carbocycles. The smallest absolute Gasteiger partial charge is 0.313 e. The molecule has 110 valence electrons. The van der Waals surface area contributed by atoms with Crippen LogP contribution in [0.3, 0.4) is 0 Å². The first-order valence-corrected chi connectivity index (χ1v) is 7.21. The number of piperidine rings is 1. The van der Waals surface area contributed by atoms with E-state index < -0.39 is 6.18 Å². The molecule has 2 aliphatic rings. The maximum atomic E-state index is 12.5. The van der Waals surface area contributed by atoms with Crippen molar-refractivity contribution in [2.75, 3.05) is 26.2 Å². The van der Waals surface area contributed by atoms with Crippen molar-refractivity contribution < 1.29 is 13.2 Å². The summed E-state index contributed by atoms with van der Waals surface area (Å²) in [6.07, 6.45) is 0.934. The third-order valence-corrected chi connectivity index (χ3v) is 4.32. The molecular formula is C14H23F3N2. The number of hydrogen-bond acceptors (Lipinski definition) is 2. The van der Waals surface area contributed by atoms with Gasteiger partial charge in [0.05, 0.1) is 0 Å². The van der Waals surface area contributed by atoms with Crippen LogP contribution in [0.15, 0.2) is 11.6 Å². The Morgan fingerprint density at radius 2 is 2.21 bits per heavy atom. The zero-order chi connectivity index (χ0) is 13.9. The Bertz CT molecular complexity index is 325. The molecule has 2 atom stereocenters. The van der Waals surface area contributed by atoms with E-state index in [0.717, 1.165) is 25.4 Å².